The van der Waals surface area contributed by atoms with Gasteiger partial charge in [0.2, 0.25) is 0 Å². The normalized spacial score (nSPS) is 18.2. The second kappa shape index (κ2) is 5.00. The SMILES string of the molecule is CC(C)CN1CC(C)(C)CNc2cc(Cl)ccc21. The number of anilines is 2. The predicted octanol–water partition coefficient (Wildman–Crippen LogP) is 4.25. The summed E-state index contributed by atoms with van der Waals surface area (Å²) >= 11 is 6.10. The van der Waals surface area contributed by atoms with Gasteiger partial charge in [0.05, 0.1) is 11.4 Å². The fraction of sp³-hybridized carbons (Fsp3) is 0.600. The van der Waals surface area contributed by atoms with E-state index in [2.05, 4.69) is 44.0 Å². The molecule has 0 bridgehead atoms. The third-order valence-corrected chi connectivity index (χ3v) is 3.50. The van der Waals surface area contributed by atoms with Crippen molar-refractivity contribution in [3.63, 3.8) is 0 Å². The molecule has 2 rings (SSSR count). The van der Waals surface area contributed by atoms with Crippen molar-refractivity contribution in [1.82, 2.24) is 0 Å². The molecule has 1 aromatic carbocycles. The summed E-state index contributed by atoms with van der Waals surface area (Å²) in [6.45, 7) is 12.3. The van der Waals surface area contributed by atoms with Crippen LogP contribution in [0, 0.1) is 11.3 Å². The maximum Gasteiger partial charge on any atom is 0.0603 e. The Bertz CT molecular complexity index is 427. The molecular weight excluding hydrogens is 244 g/mol. The summed E-state index contributed by atoms with van der Waals surface area (Å²) in [4.78, 5) is 2.48. The predicted molar refractivity (Wildman–Crippen MR) is 80.8 cm³/mol. The third-order valence-electron chi connectivity index (χ3n) is 3.26. The van der Waals surface area contributed by atoms with E-state index in [4.69, 9.17) is 11.6 Å². The Morgan fingerprint density at radius 3 is 2.78 bits per heavy atom. The van der Waals surface area contributed by atoms with E-state index in [0.29, 0.717) is 5.92 Å². The smallest absolute Gasteiger partial charge is 0.0603 e. The van der Waals surface area contributed by atoms with E-state index in [1.165, 1.54) is 5.69 Å². The minimum Gasteiger partial charge on any atom is -0.383 e. The molecule has 0 amide bonds. The summed E-state index contributed by atoms with van der Waals surface area (Å²) in [5, 5.41) is 4.33. The highest BCUT2D eigenvalue weighted by molar-refractivity contribution is 6.31. The molecule has 0 aliphatic carbocycles. The van der Waals surface area contributed by atoms with Crippen LogP contribution in [0.3, 0.4) is 0 Å². The first-order valence-corrected chi connectivity index (χ1v) is 7.03. The lowest BCUT2D eigenvalue weighted by Gasteiger charge is -2.32. The number of rotatable bonds is 2. The van der Waals surface area contributed by atoms with Crippen molar-refractivity contribution in [3.05, 3.63) is 23.2 Å². The van der Waals surface area contributed by atoms with Crippen molar-refractivity contribution >= 4 is 23.0 Å². The topological polar surface area (TPSA) is 15.3 Å². The molecule has 0 atom stereocenters. The lowest BCUT2D eigenvalue weighted by Crippen LogP contribution is -2.37. The van der Waals surface area contributed by atoms with E-state index < -0.39 is 0 Å². The van der Waals surface area contributed by atoms with Crippen molar-refractivity contribution in [2.75, 3.05) is 29.9 Å². The average Bonchev–Trinajstić information content (AvgIpc) is 2.35. The van der Waals surface area contributed by atoms with Gasteiger partial charge in [-0.1, -0.05) is 39.3 Å². The fourth-order valence-electron chi connectivity index (χ4n) is 2.52. The van der Waals surface area contributed by atoms with Crippen LogP contribution in [0.4, 0.5) is 11.4 Å². The van der Waals surface area contributed by atoms with Gasteiger partial charge in [-0.25, -0.2) is 0 Å². The highest BCUT2D eigenvalue weighted by Crippen LogP contribution is 2.35. The minimum atomic E-state index is 0.264. The number of benzene rings is 1. The lowest BCUT2D eigenvalue weighted by molar-refractivity contribution is 0.387. The van der Waals surface area contributed by atoms with Crippen LogP contribution < -0.4 is 10.2 Å². The summed E-state index contributed by atoms with van der Waals surface area (Å²) in [6.07, 6.45) is 0. The number of hydrogen-bond acceptors (Lipinski definition) is 2. The summed E-state index contributed by atoms with van der Waals surface area (Å²) in [7, 11) is 0. The van der Waals surface area contributed by atoms with Crippen molar-refractivity contribution in [1.29, 1.82) is 0 Å². The van der Waals surface area contributed by atoms with Gasteiger partial charge in [-0.3, -0.25) is 0 Å². The molecule has 1 N–H and O–H groups in total. The molecule has 0 saturated heterocycles. The van der Waals surface area contributed by atoms with Gasteiger partial charge in [0.15, 0.2) is 0 Å². The number of hydrogen-bond donors (Lipinski definition) is 1. The Hall–Kier alpha value is -0.890. The van der Waals surface area contributed by atoms with E-state index in [-0.39, 0.29) is 5.41 Å². The summed E-state index contributed by atoms with van der Waals surface area (Å²) < 4.78 is 0. The van der Waals surface area contributed by atoms with Gasteiger partial charge < -0.3 is 10.2 Å². The quantitative estimate of drug-likeness (QED) is 0.861. The first-order chi connectivity index (χ1) is 8.37. The number of halogens is 1. The first-order valence-electron chi connectivity index (χ1n) is 6.66. The summed E-state index contributed by atoms with van der Waals surface area (Å²) in [6, 6.07) is 6.15. The van der Waals surface area contributed by atoms with Crippen molar-refractivity contribution in [3.8, 4) is 0 Å². The Morgan fingerprint density at radius 1 is 1.39 bits per heavy atom. The van der Waals surface area contributed by atoms with Crippen LogP contribution in [0.1, 0.15) is 27.7 Å². The molecule has 100 valence electrons. The maximum atomic E-state index is 6.10. The zero-order valence-electron chi connectivity index (χ0n) is 11.8. The van der Waals surface area contributed by atoms with E-state index in [9.17, 15) is 0 Å². The second-order valence-corrected chi connectivity index (χ2v) is 6.89. The molecule has 1 aromatic rings. The number of nitrogens with one attached hydrogen (secondary N) is 1. The van der Waals surface area contributed by atoms with Gasteiger partial charge >= 0.3 is 0 Å². The number of fused-ring (bicyclic) bond motifs is 1. The Labute approximate surface area is 115 Å². The molecule has 0 saturated carbocycles. The Balaban J connectivity index is 2.36. The van der Waals surface area contributed by atoms with Crippen molar-refractivity contribution in [2.24, 2.45) is 11.3 Å². The van der Waals surface area contributed by atoms with Crippen LogP contribution in [0.15, 0.2) is 18.2 Å². The van der Waals surface area contributed by atoms with E-state index in [1.54, 1.807) is 0 Å². The molecular formula is C15H23ClN2. The van der Waals surface area contributed by atoms with Gasteiger partial charge in [-0.2, -0.15) is 0 Å². The lowest BCUT2D eigenvalue weighted by atomic mass is 9.93. The molecule has 0 unspecified atom stereocenters. The standard InChI is InChI=1S/C15H23ClN2/c1-11(2)8-18-10-15(3,4)9-17-13-7-12(16)5-6-14(13)18/h5-7,11,17H,8-10H2,1-4H3. The second-order valence-electron chi connectivity index (χ2n) is 6.45. The van der Waals surface area contributed by atoms with Crippen LogP contribution >= 0.6 is 11.6 Å². The third kappa shape index (κ3) is 3.11. The van der Waals surface area contributed by atoms with Crippen molar-refractivity contribution < 1.29 is 0 Å². The molecule has 3 heteroatoms. The van der Waals surface area contributed by atoms with E-state index >= 15 is 0 Å². The largest absolute Gasteiger partial charge is 0.383 e. The highest BCUT2D eigenvalue weighted by atomic mass is 35.5. The maximum absolute atomic E-state index is 6.10. The van der Waals surface area contributed by atoms with Gasteiger partial charge in [0.25, 0.3) is 0 Å². The highest BCUT2D eigenvalue weighted by Gasteiger charge is 2.27. The summed E-state index contributed by atoms with van der Waals surface area (Å²) in [5.41, 5.74) is 2.70. The van der Waals surface area contributed by atoms with Gasteiger partial charge in [0, 0.05) is 24.7 Å². The van der Waals surface area contributed by atoms with Gasteiger partial charge in [-0.05, 0) is 29.5 Å². The molecule has 1 heterocycles. The monoisotopic (exact) mass is 266 g/mol. The van der Waals surface area contributed by atoms with Crippen LogP contribution in [-0.2, 0) is 0 Å². The summed E-state index contributed by atoms with van der Waals surface area (Å²) in [5.74, 6) is 0.655. The van der Waals surface area contributed by atoms with Crippen LogP contribution in [0.2, 0.25) is 5.02 Å². The van der Waals surface area contributed by atoms with Gasteiger partial charge in [-0.15, -0.1) is 0 Å². The molecule has 1 aliphatic heterocycles. The molecule has 18 heavy (non-hydrogen) atoms. The molecule has 0 spiro atoms. The van der Waals surface area contributed by atoms with Crippen LogP contribution in [0.5, 0.6) is 0 Å². The average molecular weight is 267 g/mol. The Morgan fingerprint density at radius 2 is 2.11 bits per heavy atom. The molecule has 0 aromatic heterocycles. The van der Waals surface area contributed by atoms with Crippen LogP contribution in [0.25, 0.3) is 0 Å². The molecule has 1 aliphatic rings. The fourth-order valence-corrected chi connectivity index (χ4v) is 2.69. The zero-order chi connectivity index (χ0) is 13.3. The van der Waals surface area contributed by atoms with Gasteiger partial charge in [0.1, 0.15) is 0 Å². The Kier molecular flexibility index (Phi) is 3.76. The number of nitrogens with zero attached hydrogens (tertiary/aromatic N) is 1. The zero-order valence-corrected chi connectivity index (χ0v) is 12.5. The first kappa shape index (κ1) is 13.5. The van der Waals surface area contributed by atoms with E-state index in [1.807, 2.05) is 12.1 Å². The van der Waals surface area contributed by atoms with E-state index in [0.717, 1.165) is 30.3 Å². The minimum absolute atomic E-state index is 0.264. The van der Waals surface area contributed by atoms with Crippen molar-refractivity contribution in [2.45, 2.75) is 27.7 Å². The molecule has 0 radical (unpaired) electrons. The molecule has 2 nitrogen and oxygen atoms in total. The molecule has 0 fully saturated rings. The van der Waals surface area contributed by atoms with Crippen LogP contribution in [-0.4, -0.2) is 19.6 Å².